The fourth-order valence-corrected chi connectivity index (χ4v) is 7.74. The van der Waals surface area contributed by atoms with Crippen LogP contribution >= 0.6 is 0 Å². The summed E-state index contributed by atoms with van der Waals surface area (Å²) < 4.78 is 53.3. The lowest BCUT2D eigenvalue weighted by Gasteiger charge is -2.25. The van der Waals surface area contributed by atoms with E-state index in [1.165, 1.54) is 7.11 Å². The summed E-state index contributed by atoms with van der Waals surface area (Å²) in [5.74, 6) is -0.216. The smallest absolute Gasteiger partial charge is 0.342 e. The summed E-state index contributed by atoms with van der Waals surface area (Å²) in [6, 6.07) is 21.0. The van der Waals surface area contributed by atoms with Gasteiger partial charge in [0.25, 0.3) is 0 Å². The summed E-state index contributed by atoms with van der Waals surface area (Å²) in [4.78, 5) is 27.2. The van der Waals surface area contributed by atoms with E-state index in [-0.39, 0.29) is 30.1 Å². The molecule has 0 spiro atoms. The van der Waals surface area contributed by atoms with Gasteiger partial charge in [-0.2, -0.15) is 0 Å². The molecule has 3 aromatic rings. The van der Waals surface area contributed by atoms with Crippen LogP contribution in [-0.4, -0.2) is 84.9 Å². The van der Waals surface area contributed by atoms with Gasteiger partial charge in [0, 0.05) is 27.2 Å². The summed E-state index contributed by atoms with van der Waals surface area (Å²) >= 11 is 0. The molecule has 0 amide bonds. The summed E-state index contributed by atoms with van der Waals surface area (Å²) in [5.41, 5.74) is 2.32. The second-order valence-corrected chi connectivity index (χ2v) is 21.9. The highest BCUT2D eigenvalue weighted by Gasteiger charge is 2.45. The minimum atomic E-state index is -1.45. The molecule has 2 fully saturated rings. The number of hydrogen-bond donors (Lipinski definition) is 0. The first-order valence-electron chi connectivity index (χ1n) is 20.0. The van der Waals surface area contributed by atoms with Crippen molar-refractivity contribution < 1.29 is 52.2 Å². The van der Waals surface area contributed by atoms with E-state index in [1.807, 2.05) is 62.4 Å². The SMILES string of the molecule is COCOc1cc(OC)cc(/C=C/CC2OC(C)(C)OC2C(/C=C\[C@H]2CCC[C@@H]2OCc2ccc(OC)cc2)OC(=O)c2ccccc2)c1C(=O)OCC[Si](C)(C)C. The minimum Gasteiger partial charge on any atom is -0.497 e. The third-order valence-electron chi connectivity index (χ3n) is 10.1. The van der Waals surface area contributed by atoms with Gasteiger partial charge in [0.2, 0.25) is 0 Å². The first kappa shape index (κ1) is 44.6. The van der Waals surface area contributed by atoms with Crippen LogP contribution < -0.4 is 14.2 Å². The molecule has 314 valence electrons. The molecule has 58 heavy (non-hydrogen) atoms. The third-order valence-corrected chi connectivity index (χ3v) is 11.8. The van der Waals surface area contributed by atoms with Gasteiger partial charge in [-0.3, -0.25) is 0 Å². The summed E-state index contributed by atoms with van der Waals surface area (Å²) in [7, 11) is 3.26. The molecule has 11 nitrogen and oxygen atoms in total. The zero-order valence-corrected chi connectivity index (χ0v) is 36.2. The van der Waals surface area contributed by atoms with Crippen molar-refractivity contribution in [1.82, 2.24) is 0 Å². The first-order chi connectivity index (χ1) is 27.8. The van der Waals surface area contributed by atoms with E-state index in [4.69, 9.17) is 42.6 Å². The monoisotopic (exact) mass is 816 g/mol. The average Bonchev–Trinajstić information content (AvgIpc) is 3.79. The van der Waals surface area contributed by atoms with Crippen molar-refractivity contribution in [3.63, 3.8) is 0 Å². The maximum absolute atomic E-state index is 13.6. The summed E-state index contributed by atoms with van der Waals surface area (Å²) in [5, 5.41) is 0. The van der Waals surface area contributed by atoms with Gasteiger partial charge in [-0.25, -0.2) is 9.59 Å². The van der Waals surface area contributed by atoms with E-state index < -0.39 is 44.1 Å². The van der Waals surface area contributed by atoms with Gasteiger partial charge in [0.1, 0.15) is 35.0 Å². The molecule has 0 N–H and O–H groups in total. The molecule has 0 bridgehead atoms. The van der Waals surface area contributed by atoms with E-state index in [0.29, 0.717) is 36.5 Å². The minimum absolute atomic E-state index is 0.0109. The van der Waals surface area contributed by atoms with E-state index >= 15 is 0 Å². The normalized spacial score (nSPS) is 21.0. The summed E-state index contributed by atoms with van der Waals surface area (Å²) in [6.07, 6.45) is 9.11. The van der Waals surface area contributed by atoms with Crippen molar-refractivity contribution in [2.45, 2.75) is 102 Å². The molecule has 3 aromatic carbocycles. The predicted molar refractivity (Wildman–Crippen MR) is 225 cm³/mol. The van der Waals surface area contributed by atoms with Crippen LogP contribution in [0.1, 0.15) is 71.4 Å². The maximum Gasteiger partial charge on any atom is 0.342 e. The van der Waals surface area contributed by atoms with Crippen LogP contribution in [0.25, 0.3) is 6.08 Å². The second kappa shape index (κ2) is 21.0. The highest BCUT2D eigenvalue weighted by molar-refractivity contribution is 6.76. The largest absolute Gasteiger partial charge is 0.497 e. The Morgan fingerprint density at radius 3 is 2.34 bits per heavy atom. The van der Waals surface area contributed by atoms with Crippen LogP contribution in [-0.2, 0) is 35.0 Å². The fourth-order valence-electron chi connectivity index (χ4n) is 7.03. The highest BCUT2D eigenvalue weighted by atomic mass is 28.3. The van der Waals surface area contributed by atoms with Gasteiger partial charge in [-0.05, 0) is 86.7 Å². The Labute approximate surface area is 344 Å². The Kier molecular flexibility index (Phi) is 16.2. The molecule has 2 aliphatic rings. The van der Waals surface area contributed by atoms with Gasteiger partial charge >= 0.3 is 11.9 Å². The average molecular weight is 817 g/mol. The van der Waals surface area contributed by atoms with Gasteiger partial charge in [0.15, 0.2) is 12.6 Å². The van der Waals surface area contributed by atoms with Crippen molar-refractivity contribution in [3.8, 4) is 17.2 Å². The van der Waals surface area contributed by atoms with Gasteiger partial charge in [-0.15, -0.1) is 0 Å². The van der Waals surface area contributed by atoms with Gasteiger partial charge in [0.05, 0.1) is 45.2 Å². The molecule has 1 aliphatic carbocycles. The zero-order valence-electron chi connectivity index (χ0n) is 35.2. The van der Waals surface area contributed by atoms with Crippen LogP contribution in [0.15, 0.2) is 85.0 Å². The number of benzene rings is 3. The van der Waals surface area contributed by atoms with Crippen LogP contribution in [0.2, 0.25) is 25.7 Å². The zero-order chi connectivity index (χ0) is 41.7. The number of rotatable bonds is 20. The Bertz CT molecular complexity index is 1830. The Morgan fingerprint density at radius 2 is 1.66 bits per heavy atom. The molecule has 5 rings (SSSR count). The molecule has 1 saturated carbocycles. The Hall–Kier alpha value is -4.46. The van der Waals surface area contributed by atoms with E-state index in [1.54, 1.807) is 50.6 Å². The molecule has 0 radical (unpaired) electrons. The van der Waals surface area contributed by atoms with Crippen molar-refractivity contribution in [2.75, 3.05) is 34.7 Å². The topological polar surface area (TPSA) is 117 Å². The predicted octanol–water partition coefficient (Wildman–Crippen LogP) is 9.27. The molecular formula is C46H60O11Si. The van der Waals surface area contributed by atoms with Crippen molar-refractivity contribution in [1.29, 1.82) is 0 Å². The quantitative estimate of drug-likeness (QED) is 0.0470. The summed E-state index contributed by atoms with van der Waals surface area (Å²) in [6.45, 7) is 11.1. The standard InChI is InChI=1S/C46H60O11Si/c1-46(2)56-40(19-13-17-35-28-37(51-5)29-41(54-31-49-3)42(35)45(48)52-26-27-58(6,7)8)43(57-46)39(55-44(47)34-14-10-9-11-15-34)25-22-33-16-12-18-38(33)53-30-32-20-23-36(50-4)24-21-32/h9-11,13-15,17,20-25,28-29,33,38-40,43H,12,16,18-19,26-27,30-31H2,1-8H3/b17-13+,25-22-/t33-,38+,39?,40?,43?/m1/s1. The number of esters is 2. The molecule has 5 atom stereocenters. The number of ether oxygens (including phenoxy) is 9. The van der Waals surface area contributed by atoms with Gasteiger partial charge in [-0.1, -0.05) is 74.6 Å². The number of hydrogen-bond acceptors (Lipinski definition) is 11. The molecule has 0 aromatic heterocycles. The Morgan fingerprint density at radius 1 is 0.914 bits per heavy atom. The van der Waals surface area contributed by atoms with E-state index in [0.717, 1.165) is 36.6 Å². The van der Waals surface area contributed by atoms with Crippen LogP contribution in [0.3, 0.4) is 0 Å². The second-order valence-electron chi connectivity index (χ2n) is 16.3. The lowest BCUT2D eigenvalue weighted by atomic mass is 9.99. The molecular weight excluding hydrogens is 757 g/mol. The van der Waals surface area contributed by atoms with E-state index in [9.17, 15) is 9.59 Å². The number of carbonyl (C=O) groups excluding carboxylic acids is 2. The maximum atomic E-state index is 13.6. The number of methoxy groups -OCH3 is 3. The van der Waals surface area contributed by atoms with Crippen LogP contribution in [0.5, 0.6) is 17.2 Å². The molecule has 1 aliphatic heterocycles. The van der Waals surface area contributed by atoms with Crippen molar-refractivity contribution >= 4 is 26.1 Å². The highest BCUT2D eigenvalue weighted by Crippen LogP contribution is 2.37. The fraction of sp³-hybridized carbons (Fsp3) is 0.478. The van der Waals surface area contributed by atoms with Crippen LogP contribution in [0.4, 0.5) is 0 Å². The molecule has 3 unspecified atom stereocenters. The molecule has 12 heteroatoms. The van der Waals surface area contributed by atoms with Crippen molar-refractivity contribution in [3.05, 3.63) is 107 Å². The molecule has 1 saturated heterocycles. The lowest BCUT2D eigenvalue weighted by Crippen LogP contribution is -2.37. The molecule has 1 heterocycles. The van der Waals surface area contributed by atoms with Gasteiger partial charge < -0.3 is 42.6 Å². The third kappa shape index (κ3) is 13.0. The van der Waals surface area contributed by atoms with E-state index in [2.05, 4.69) is 25.7 Å². The van der Waals surface area contributed by atoms with Crippen molar-refractivity contribution in [2.24, 2.45) is 5.92 Å². The Balaban J connectivity index is 1.39. The lowest BCUT2D eigenvalue weighted by molar-refractivity contribution is -0.152. The first-order valence-corrected chi connectivity index (χ1v) is 23.7. The van der Waals surface area contributed by atoms with Crippen LogP contribution in [0, 0.1) is 5.92 Å². The number of carbonyl (C=O) groups is 2.